The maximum Gasteiger partial charge on any atom is 0.325 e. The molecule has 2 aliphatic rings. The number of carbonyl (C=O) groups excluding carboxylic acids is 2. The fraction of sp³-hybridized carbons (Fsp3) is 0.167. The molecule has 1 aromatic rings. The van der Waals surface area contributed by atoms with E-state index in [1.807, 2.05) is 4.98 Å². The van der Waals surface area contributed by atoms with E-state index in [0.717, 1.165) is 11.1 Å². The van der Waals surface area contributed by atoms with Gasteiger partial charge in [-0.2, -0.15) is 0 Å². The molecule has 0 spiro atoms. The van der Waals surface area contributed by atoms with E-state index in [4.69, 9.17) is 0 Å². The standard InChI is InChI=1S/C12H10N4O4/c1-15-4-2-3-6-8(15)11(19)16(10(6)18)7-5-13-12(20)14-9(7)17/h2-5,8H,1H3,(H2,13,14,17,20). The predicted octanol–water partition coefficient (Wildman–Crippen LogP) is -1.31. The molecule has 0 aliphatic carbocycles. The summed E-state index contributed by atoms with van der Waals surface area (Å²) >= 11 is 0. The molecule has 2 aliphatic heterocycles. The second kappa shape index (κ2) is 4.05. The summed E-state index contributed by atoms with van der Waals surface area (Å²) in [4.78, 5) is 53.9. The van der Waals surface area contributed by atoms with Gasteiger partial charge in [0.25, 0.3) is 17.4 Å². The number of carbonyl (C=O) groups is 2. The Balaban J connectivity index is 2.13. The maximum absolute atomic E-state index is 12.3. The number of H-pyrrole nitrogens is 2. The number of rotatable bonds is 1. The zero-order valence-electron chi connectivity index (χ0n) is 10.4. The van der Waals surface area contributed by atoms with Gasteiger partial charge in [0.2, 0.25) is 0 Å². The average Bonchev–Trinajstić information content (AvgIpc) is 2.64. The van der Waals surface area contributed by atoms with Crippen LogP contribution in [-0.2, 0) is 9.59 Å². The highest BCUT2D eigenvalue weighted by molar-refractivity contribution is 6.31. The Kier molecular flexibility index (Phi) is 2.46. The Morgan fingerprint density at radius 3 is 2.60 bits per heavy atom. The lowest BCUT2D eigenvalue weighted by atomic mass is 10.1. The summed E-state index contributed by atoms with van der Waals surface area (Å²) < 4.78 is 0. The number of aromatic amines is 2. The van der Waals surface area contributed by atoms with Gasteiger partial charge in [0, 0.05) is 18.8 Å². The van der Waals surface area contributed by atoms with Gasteiger partial charge in [0.05, 0.1) is 0 Å². The molecule has 8 heteroatoms. The molecule has 3 heterocycles. The number of allylic oxidation sites excluding steroid dienone is 2. The van der Waals surface area contributed by atoms with E-state index in [-0.39, 0.29) is 5.69 Å². The highest BCUT2D eigenvalue weighted by Gasteiger charge is 2.47. The number of hydrogen-bond donors (Lipinski definition) is 2. The summed E-state index contributed by atoms with van der Waals surface area (Å²) in [6.07, 6.45) is 5.92. The minimum Gasteiger partial charge on any atom is -0.365 e. The molecular formula is C12H10N4O4. The van der Waals surface area contributed by atoms with E-state index in [0.29, 0.717) is 5.57 Å². The van der Waals surface area contributed by atoms with Crippen molar-refractivity contribution in [2.75, 3.05) is 11.9 Å². The number of amides is 2. The zero-order chi connectivity index (χ0) is 14.4. The number of imide groups is 1. The zero-order valence-corrected chi connectivity index (χ0v) is 10.4. The molecule has 1 unspecified atom stereocenters. The summed E-state index contributed by atoms with van der Waals surface area (Å²) in [5.41, 5.74) is -1.38. The quantitative estimate of drug-likeness (QED) is 0.618. The van der Waals surface area contributed by atoms with Crippen LogP contribution in [0.5, 0.6) is 0 Å². The molecule has 1 saturated heterocycles. The summed E-state index contributed by atoms with van der Waals surface area (Å²) in [7, 11) is 1.67. The summed E-state index contributed by atoms with van der Waals surface area (Å²) in [5, 5.41) is 0. The molecule has 0 radical (unpaired) electrons. The highest BCUT2D eigenvalue weighted by Crippen LogP contribution is 2.28. The SMILES string of the molecule is CN1C=CC=C2C(=O)N(c3c[nH]c(=O)[nH]c3=O)C(=O)C21. The second-order valence-corrected chi connectivity index (χ2v) is 4.47. The number of nitrogens with zero attached hydrogens (tertiary/aromatic N) is 2. The van der Waals surface area contributed by atoms with Crippen LogP contribution in [0.2, 0.25) is 0 Å². The number of likely N-dealkylation sites (N-methyl/N-ethyl adjacent to an activating group) is 1. The number of fused-ring (bicyclic) bond motifs is 1. The topological polar surface area (TPSA) is 106 Å². The lowest BCUT2D eigenvalue weighted by molar-refractivity contribution is -0.122. The highest BCUT2D eigenvalue weighted by atomic mass is 16.2. The maximum atomic E-state index is 12.3. The van der Waals surface area contributed by atoms with Crippen LogP contribution in [0, 0.1) is 0 Å². The second-order valence-electron chi connectivity index (χ2n) is 4.47. The molecule has 0 aromatic carbocycles. The van der Waals surface area contributed by atoms with E-state index in [1.165, 1.54) is 0 Å². The number of hydrogen-bond acceptors (Lipinski definition) is 5. The van der Waals surface area contributed by atoms with Crippen LogP contribution < -0.4 is 16.1 Å². The van der Waals surface area contributed by atoms with Crippen molar-refractivity contribution >= 4 is 17.5 Å². The van der Waals surface area contributed by atoms with Crippen molar-refractivity contribution in [2.45, 2.75) is 6.04 Å². The summed E-state index contributed by atoms with van der Waals surface area (Å²) in [6, 6.07) is -0.737. The van der Waals surface area contributed by atoms with Crippen LogP contribution in [0.1, 0.15) is 0 Å². The van der Waals surface area contributed by atoms with E-state index in [2.05, 4.69) is 4.98 Å². The van der Waals surface area contributed by atoms with Crippen LogP contribution in [0.15, 0.2) is 39.7 Å². The van der Waals surface area contributed by atoms with E-state index < -0.39 is 29.1 Å². The molecular weight excluding hydrogens is 264 g/mol. The number of anilines is 1. The van der Waals surface area contributed by atoms with Gasteiger partial charge in [-0.3, -0.25) is 19.4 Å². The number of aromatic nitrogens is 2. The van der Waals surface area contributed by atoms with Crippen molar-refractivity contribution in [3.05, 3.63) is 51.0 Å². The molecule has 0 saturated carbocycles. The van der Waals surface area contributed by atoms with E-state index >= 15 is 0 Å². The Morgan fingerprint density at radius 2 is 1.95 bits per heavy atom. The Morgan fingerprint density at radius 1 is 1.20 bits per heavy atom. The third-order valence-corrected chi connectivity index (χ3v) is 3.24. The van der Waals surface area contributed by atoms with E-state index in [1.54, 1.807) is 30.3 Å². The van der Waals surface area contributed by atoms with Crippen molar-refractivity contribution in [2.24, 2.45) is 0 Å². The fourth-order valence-corrected chi connectivity index (χ4v) is 2.32. The first-order chi connectivity index (χ1) is 9.50. The largest absolute Gasteiger partial charge is 0.365 e. The third-order valence-electron chi connectivity index (χ3n) is 3.24. The summed E-state index contributed by atoms with van der Waals surface area (Å²) in [6.45, 7) is 0. The Labute approximate surface area is 112 Å². The first-order valence-corrected chi connectivity index (χ1v) is 5.81. The van der Waals surface area contributed by atoms with Gasteiger partial charge in [-0.25, -0.2) is 9.69 Å². The van der Waals surface area contributed by atoms with Crippen LogP contribution in [0.3, 0.4) is 0 Å². The van der Waals surface area contributed by atoms with E-state index in [9.17, 15) is 19.2 Å². The normalized spacial score (nSPS) is 21.2. The number of nitrogens with one attached hydrogen (secondary N) is 2. The van der Waals surface area contributed by atoms with Gasteiger partial charge in [0.1, 0.15) is 11.7 Å². The van der Waals surface area contributed by atoms with Gasteiger partial charge < -0.3 is 9.88 Å². The van der Waals surface area contributed by atoms with Gasteiger partial charge >= 0.3 is 5.69 Å². The van der Waals surface area contributed by atoms with Gasteiger partial charge in [-0.05, 0) is 18.4 Å². The molecule has 0 bridgehead atoms. The fourth-order valence-electron chi connectivity index (χ4n) is 2.32. The van der Waals surface area contributed by atoms with Crippen molar-refractivity contribution in [3.63, 3.8) is 0 Å². The van der Waals surface area contributed by atoms with Crippen molar-refractivity contribution < 1.29 is 9.59 Å². The van der Waals surface area contributed by atoms with Crippen LogP contribution in [0.25, 0.3) is 0 Å². The molecule has 1 fully saturated rings. The van der Waals surface area contributed by atoms with Crippen LogP contribution in [-0.4, -0.2) is 39.8 Å². The van der Waals surface area contributed by atoms with Crippen LogP contribution >= 0.6 is 0 Å². The first kappa shape index (κ1) is 12.2. The minimum atomic E-state index is -0.787. The average molecular weight is 274 g/mol. The molecule has 2 N–H and O–H groups in total. The van der Waals surface area contributed by atoms with Crippen molar-refractivity contribution in [1.82, 2.24) is 14.9 Å². The van der Waals surface area contributed by atoms with Crippen LogP contribution in [0.4, 0.5) is 5.69 Å². The first-order valence-electron chi connectivity index (χ1n) is 5.81. The van der Waals surface area contributed by atoms with Gasteiger partial charge in [0.15, 0.2) is 0 Å². The summed E-state index contributed by atoms with van der Waals surface area (Å²) in [5.74, 6) is -1.08. The molecule has 102 valence electrons. The molecule has 3 rings (SSSR count). The Hall–Kier alpha value is -2.90. The predicted molar refractivity (Wildman–Crippen MR) is 69.0 cm³/mol. The van der Waals surface area contributed by atoms with Gasteiger partial charge in [-0.1, -0.05) is 0 Å². The minimum absolute atomic E-state index is 0.191. The molecule has 1 aromatic heterocycles. The smallest absolute Gasteiger partial charge is 0.325 e. The van der Waals surface area contributed by atoms with Crippen molar-refractivity contribution in [1.29, 1.82) is 0 Å². The monoisotopic (exact) mass is 274 g/mol. The lowest BCUT2D eigenvalue weighted by Crippen LogP contribution is -2.41. The van der Waals surface area contributed by atoms with Crippen molar-refractivity contribution in [3.8, 4) is 0 Å². The molecule has 8 nitrogen and oxygen atoms in total. The molecule has 2 amide bonds. The van der Waals surface area contributed by atoms with Gasteiger partial charge in [-0.15, -0.1) is 0 Å². The molecule has 20 heavy (non-hydrogen) atoms. The Bertz CT molecular complexity index is 785. The third kappa shape index (κ3) is 1.54. The lowest BCUT2D eigenvalue weighted by Gasteiger charge is -2.23. The molecule has 1 atom stereocenters.